The van der Waals surface area contributed by atoms with Gasteiger partial charge >= 0.3 is 0 Å². The number of hydrogen-bond donors (Lipinski definition) is 1. The second-order valence-corrected chi connectivity index (χ2v) is 8.17. The fourth-order valence-electron chi connectivity index (χ4n) is 2.99. The number of halogens is 2. The van der Waals surface area contributed by atoms with Crippen molar-refractivity contribution in [1.82, 2.24) is 9.97 Å². The maximum atomic E-state index is 14.5. The molecule has 1 aromatic carbocycles. The van der Waals surface area contributed by atoms with Crippen molar-refractivity contribution in [2.75, 3.05) is 6.61 Å². The molecule has 1 aromatic heterocycles. The molecule has 168 valence electrons. The summed E-state index contributed by atoms with van der Waals surface area (Å²) in [5.41, 5.74) is -0.714. The highest BCUT2D eigenvalue weighted by molar-refractivity contribution is 5.58. The van der Waals surface area contributed by atoms with E-state index >= 15 is 0 Å². The molecule has 4 nitrogen and oxygen atoms in total. The second-order valence-electron chi connectivity index (χ2n) is 8.17. The van der Waals surface area contributed by atoms with Crippen LogP contribution in [0.5, 0.6) is 5.75 Å². The van der Waals surface area contributed by atoms with Crippen molar-refractivity contribution in [3.63, 3.8) is 0 Å². The molecule has 0 atom stereocenters. The number of ether oxygens (including phenoxy) is 1. The monoisotopic (exact) mass is 430 g/mol. The fraction of sp³-hybridized carbons (Fsp3) is 0.520. The SMILES string of the molecule is CCCCCCCCCCOc1ccc(-c2ncc(C#CC(C)(C)O)cn2)c(F)c1F. The Balaban J connectivity index is 1.89. The Kier molecular flexibility index (Phi) is 9.87. The van der Waals surface area contributed by atoms with Gasteiger partial charge in [0.25, 0.3) is 0 Å². The van der Waals surface area contributed by atoms with Crippen molar-refractivity contribution in [2.24, 2.45) is 0 Å². The van der Waals surface area contributed by atoms with Gasteiger partial charge in [-0.1, -0.05) is 63.7 Å². The van der Waals surface area contributed by atoms with E-state index < -0.39 is 17.2 Å². The Labute approximate surface area is 184 Å². The lowest BCUT2D eigenvalue weighted by molar-refractivity contribution is 0.143. The lowest BCUT2D eigenvalue weighted by Crippen LogP contribution is -2.14. The molecule has 0 aliphatic carbocycles. The first-order valence-electron chi connectivity index (χ1n) is 11.0. The summed E-state index contributed by atoms with van der Waals surface area (Å²) >= 11 is 0. The predicted molar refractivity (Wildman–Crippen MR) is 119 cm³/mol. The van der Waals surface area contributed by atoms with Gasteiger partial charge in [0.15, 0.2) is 17.4 Å². The smallest absolute Gasteiger partial charge is 0.201 e. The molecule has 0 spiro atoms. The molecule has 0 bridgehead atoms. The predicted octanol–water partition coefficient (Wildman–Crippen LogP) is 6.06. The highest BCUT2D eigenvalue weighted by Crippen LogP contribution is 2.28. The molecule has 0 fully saturated rings. The van der Waals surface area contributed by atoms with E-state index in [0.717, 1.165) is 19.3 Å². The van der Waals surface area contributed by atoms with E-state index in [-0.39, 0.29) is 17.1 Å². The molecule has 0 aliphatic rings. The number of rotatable bonds is 11. The van der Waals surface area contributed by atoms with E-state index in [0.29, 0.717) is 12.2 Å². The average Bonchev–Trinajstić information content (AvgIpc) is 2.74. The number of benzene rings is 1. The maximum absolute atomic E-state index is 14.5. The second kappa shape index (κ2) is 12.4. The summed E-state index contributed by atoms with van der Waals surface area (Å²) in [6, 6.07) is 2.82. The van der Waals surface area contributed by atoms with Crippen LogP contribution in [-0.4, -0.2) is 27.3 Å². The molecular formula is C25H32F2N2O2. The number of hydrogen-bond acceptors (Lipinski definition) is 4. The Bertz CT molecular complexity index is 881. The Morgan fingerprint density at radius 1 is 0.935 bits per heavy atom. The van der Waals surface area contributed by atoms with Crippen LogP contribution in [0.3, 0.4) is 0 Å². The zero-order valence-electron chi connectivity index (χ0n) is 18.7. The Hall–Kier alpha value is -2.52. The molecule has 0 radical (unpaired) electrons. The van der Waals surface area contributed by atoms with Gasteiger partial charge in [-0.15, -0.1) is 0 Å². The van der Waals surface area contributed by atoms with Crippen LogP contribution in [0.4, 0.5) is 8.78 Å². The van der Waals surface area contributed by atoms with Gasteiger partial charge in [-0.05, 0) is 32.4 Å². The molecule has 0 amide bonds. The van der Waals surface area contributed by atoms with E-state index in [1.165, 1.54) is 56.6 Å². The van der Waals surface area contributed by atoms with Crippen molar-refractivity contribution in [2.45, 2.75) is 77.7 Å². The van der Waals surface area contributed by atoms with Crippen LogP contribution in [-0.2, 0) is 0 Å². The van der Waals surface area contributed by atoms with Crippen LogP contribution in [0.1, 0.15) is 77.7 Å². The van der Waals surface area contributed by atoms with Gasteiger partial charge in [0.1, 0.15) is 5.60 Å². The third-order valence-corrected chi connectivity index (χ3v) is 4.71. The van der Waals surface area contributed by atoms with E-state index in [9.17, 15) is 13.9 Å². The van der Waals surface area contributed by atoms with Gasteiger partial charge in [0.05, 0.1) is 17.7 Å². The minimum atomic E-state index is -1.14. The topological polar surface area (TPSA) is 55.2 Å². The van der Waals surface area contributed by atoms with E-state index in [2.05, 4.69) is 28.7 Å². The maximum Gasteiger partial charge on any atom is 0.201 e. The van der Waals surface area contributed by atoms with Gasteiger partial charge in [-0.2, -0.15) is 4.39 Å². The van der Waals surface area contributed by atoms with Crippen LogP contribution in [0.2, 0.25) is 0 Å². The quantitative estimate of drug-likeness (QED) is 0.348. The van der Waals surface area contributed by atoms with Crippen LogP contribution < -0.4 is 4.74 Å². The summed E-state index contributed by atoms with van der Waals surface area (Å²) in [5, 5.41) is 9.63. The summed E-state index contributed by atoms with van der Waals surface area (Å²) in [4.78, 5) is 8.12. The van der Waals surface area contributed by atoms with E-state index in [1.807, 2.05) is 0 Å². The van der Waals surface area contributed by atoms with Crippen LogP contribution in [0.15, 0.2) is 24.5 Å². The first kappa shape index (κ1) is 24.7. The molecule has 6 heteroatoms. The van der Waals surface area contributed by atoms with Crippen LogP contribution >= 0.6 is 0 Å². The first-order chi connectivity index (χ1) is 14.8. The summed E-state index contributed by atoms with van der Waals surface area (Å²) in [6.45, 7) is 5.68. The fourth-order valence-corrected chi connectivity index (χ4v) is 2.99. The minimum absolute atomic E-state index is 0.0427. The average molecular weight is 431 g/mol. The largest absolute Gasteiger partial charge is 0.490 e. The lowest BCUT2D eigenvalue weighted by Gasteiger charge is -2.10. The zero-order chi connectivity index (χ0) is 22.7. The number of nitrogens with zero attached hydrogens (tertiary/aromatic N) is 2. The number of aliphatic hydroxyl groups is 1. The van der Waals surface area contributed by atoms with Crippen molar-refractivity contribution in [3.8, 4) is 29.0 Å². The minimum Gasteiger partial charge on any atom is -0.490 e. The molecular weight excluding hydrogens is 398 g/mol. The highest BCUT2D eigenvalue weighted by atomic mass is 19.2. The number of unbranched alkanes of at least 4 members (excludes halogenated alkanes) is 7. The lowest BCUT2D eigenvalue weighted by atomic mass is 10.1. The van der Waals surface area contributed by atoms with Crippen LogP contribution in [0.25, 0.3) is 11.4 Å². The first-order valence-corrected chi connectivity index (χ1v) is 11.0. The normalized spacial score (nSPS) is 11.2. The van der Waals surface area contributed by atoms with E-state index in [4.69, 9.17) is 4.74 Å². The molecule has 31 heavy (non-hydrogen) atoms. The van der Waals surface area contributed by atoms with Gasteiger partial charge in [0, 0.05) is 12.4 Å². The molecule has 0 aliphatic heterocycles. The molecule has 0 saturated heterocycles. The summed E-state index contributed by atoms with van der Waals surface area (Å²) in [6.07, 6.45) is 12.1. The molecule has 0 saturated carbocycles. The van der Waals surface area contributed by atoms with Crippen molar-refractivity contribution in [3.05, 3.63) is 41.7 Å². The van der Waals surface area contributed by atoms with E-state index in [1.54, 1.807) is 13.8 Å². The standard InChI is InChI=1S/C25H32F2N2O2/c1-4-5-6-7-8-9-10-11-16-31-21-13-12-20(22(26)23(21)27)24-28-17-19(18-29-24)14-15-25(2,3)30/h12-13,17-18,30H,4-11,16H2,1-3H3. The number of aromatic nitrogens is 2. The summed E-state index contributed by atoms with van der Waals surface area (Å²) in [5.74, 6) is 3.26. The van der Waals surface area contributed by atoms with Gasteiger partial charge in [-0.3, -0.25) is 0 Å². The molecule has 2 aromatic rings. The van der Waals surface area contributed by atoms with Crippen molar-refractivity contribution < 1.29 is 18.6 Å². The Morgan fingerprint density at radius 3 is 2.16 bits per heavy atom. The third kappa shape index (κ3) is 8.63. The Morgan fingerprint density at radius 2 is 1.55 bits per heavy atom. The summed E-state index contributed by atoms with van der Waals surface area (Å²) < 4.78 is 34.4. The van der Waals surface area contributed by atoms with Gasteiger partial charge < -0.3 is 9.84 Å². The van der Waals surface area contributed by atoms with Crippen molar-refractivity contribution in [1.29, 1.82) is 0 Å². The third-order valence-electron chi connectivity index (χ3n) is 4.71. The van der Waals surface area contributed by atoms with Crippen LogP contribution in [0, 0.1) is 23.5 Å². The summed E-state index contributed by atoms with van der Waals surface area (Å²) in [7, 11) is 0. The molecule has 0 unspecified atom stereocenters. The molecule has 1 N–H and O–H groups in total. The van der Waals surface area contributed by atoms with Gasteiger partial charge in [0.2, 0.25) is 5.82 Å². The molecule has 1 heterocycles. The zero-order valence-corrected chi connectivity index (χ0v) is 18.7. The van der Waals surface area contributed by atoms with Crippen molar-refractivity contribution >= 4 is 0 Å². The molecule has 2 rings (SSSR count). The van der Waals surface area contributed by atoms with Gasteiger partial charge in [-0.25, -0.2) is 14.4 Å². The highest BCUT2D eigenvalue weighted by Gasteiger charge is 2.17.